The second-order valence-electron chi connectivity index (χ2n) is 5.15. The van der Waals surface area contributed by atoms with Gasteiger partial charge in [0.25, 0.3) is 5.91 Å². The summed E-state index contributed by atoms with van der Waals surface area (Å²) in [6.45, 7) is 1.58. The molecule has 3 nitrogen and oxygen atoms in total. The van der Waals surface area contributed by atoms with Crippen LogP contribution in [-0.4, -0.2) is 30.5 Å². The molecule has 0 aromatic heterocycles. The van der Waals surface area contributed by atoms with E-state index in [2.05, 4.69) is 0 Å². The number of hydrogen-bond acceptors (Lipinski definition) is 2. The number of nitrogens with zero attached hydrogens (tertiary/aromatic N) is 1. The Balaban J connectivity index is 1.78. The van der Waals surface area contributed by atoms with E-state index in [1.807, 2.05) is 30.3 Å². The van der Waals surface area contributed by atoms with Gasteiger partial charge >= 0.3 is 0 Å². The van der Waals surface area contributed by atoms with E-state index in [1.165, 1.54) is 0 Å². The lowest BCUT2D eigenvalue weighted by atomic mass is 10.1. The van der Waals surface area contributed by atoms with Gasteiger partial charge in [-0.3, -0.25) is 4.79 Å². The summed E-state index contributed by atoms with van der Waals surface area (Å²) in [5, 5.41) is 0.894. The van der Waals surface area contributed by atoms with E-state index in [9.17, 15) is 4.79 Å². The SMILES string of the molecule is O=C(c1ccc(Cl)cc1Cl)N1CCOC(c2ccccc2)C1. The molecule has 1 fully saturated rings. The van der Waals surface area contributed by atoms with Crippen LogP contribution in [0.5, 0.6) is 0 Å². The first kappa shape index (κ1) is 15.3. The summed E-state index contributed by atoms with van der Waals surface area (Å²) in [5.41, 5.74) is 1.54. The quantitative estimate of drug-likeness (QED) is 0.822. The van der Waals surface area contributed by atoms with Crippen molar-refractivity contribution >= 4 is 29.1 Å². The van der Waals surface area contributed by atoms with Gasteiger partial charge in [0.2, 0.25) is 0 Å². The van der Waals surface area contributed by atoms with Gasteiger partial charge in [0.1, 0.15) is 6.10 Å². The van der Waals surface area contributed by atoms with Gasteiger partial charge in [-0.1, -0.05) is 53.5 Å². The third kappa shape index (κ3) is 3.27. The lowest BCUT2D eigenvalue weighted by Crippen LogP contribution is -2.42. The van der Waals surface area contributed by atoms with Gasteiger partial charge in [0, 0.05) is 11.6 Å². The van der Waals surface area contributed by atoms with E-state index in [4.69, 9.17) is 27.9 Å². The minimum Gasteiger partial charge on any atom is -0.370 e. The molecular weight excluding hydrogens is 321 g/mol. The van der Waals surface area contributed by atoms with Crippen LogP contribution in [0.2, 0.25) is 10.0 Å². The van der Waals surface area contributed by atoms with Gasteiger partial charge in [-0.15, -0.1) is 0 Å². The molecule has 1 saturated heterocycles. The van der Waals surface area contributed by atoms with E-state index in [0.717, 1.165) is 5.56 Å². The molecule has 1 unspecified atom stereocenters. The van der Waals surface area contributed by atoms with Crippen LogP contribution >= 0.6 is 23.2 Å². The topological polar surface area (TPSA) is 29.5 Å². The van der Waals surface area contributed by atoms with Crippen LogP contribution in [0.1, 0.15) is 22.0 Å². The Labute approximate surface area is 139 Å². The van der Waals surface area contributed by atoms with Crippen molar-refractivity contribution in [3.8, 4) is 0 Å². The van der Waals surface area contributed by atoms with Crippen molar-refractivity contribution in [1.29, 1.82) is 0 Å². The van der Waals surface area contributed by atoms with Crippen molar-refractivity contribution < 1.29 is 9.53 Å². The lowest BCUT2D eigenvalue weighted by molar-refractivity contribution is -0.0228. The molecular formula is C17H15Cl2NO2. The Morgan fingerprint density at radius 3 is 2.64 bits per heavy atom. The number of halogens is 2. The summed E-state index contributed by atoms with van der Waals surface area (Å²) in [4.78, 5) is 14.4. The molecule has 114 valence electrons. The van der Waals surface area contributed by atoms with Gasteiger partial charge in [-0.05, 0) is 23.8 Å². The third-order valence-electron chi connectivity index (χ3n) is 3.69. The van der Waals surface area contributed by atoms with Crippen LogP contribution in [0, 0.1) is 0 Å². The Kier molecular flexibility index (Phi) is 4.67. The molecule has 1 aliphatic heterocycles. The van der Waals surface area contributed by atoms with Crippen molar-refractivity contribution in [3.05, 3.63) is 69.7 Å². The summed E-state index contributed by atoms with van der Waals surface area (Å²) in [6, 6.07) is 14.8. The van der Waals surface area contributed by atoms with Crippen molar-refractivity contribution in [2.45, 2.75) is 6.10 Å². The van der Waals surface area contributed by atoms with E-state index in [0.29, 0.717) is 35.3 Å². The van der Waals surface area contributed by atoms with Gasteiger partial charge in [-0.25, -0.2) is 0 Å². The zero-order valence-corrected chi connectivity index (χ0v) is 13.3. The minimum atomic E-state index is -0.107. The average molecular weight is 336 g/mol. The first-order chi connectivity index (χ1) is 10.6. The molecule has 3 rings (SSSR count). The maximum absolute atomic E-state index is 12.7. The Morgan fingerprint density at radius 1 is 1.14 bits per heavy atom. The molecule has 1 atom stereocenters. The highest BCUT2D eigenvalue weighted by molar-refractivity contribution is 6.36. The van der Waals surface area contributed by atoms with E-state index < -0.39 is 0 Å². The standard InChI is InChI=1S/C17H15Cl2NO2/c18-13-6-7-14(15(19)10-13)17(21)20-8-9-22-16(11-20)12-4-2-1-3-5-12/h1-7,10,16H,8-9,11H2. The highest BCUT2D eigenvalue weighted by Gasteiger charge is 2.27. The van der Waals surface area contributed by atoms with Crippen molar-refractivity contribution in [2.75, 3.05) is 19.7 Å². The van der Waals surface area contributed by atoms with Crippen LogP contribution in [0.25, 0.3) is 0 Å². The third-order valence-corrected chi connectivity index (χ3v) is 4.23. The fraction of sp³-hybridized carbons (Fsp3) is 0.235. The predicted octanol–water partition coefficient (Wildman–Crippen LogP) is 4.21. The van der Waals surface area contributed by atoms with Crippen molar-refractivity contribution in [3.63, 3.8) is 0 Å². The molecule has 1 aliphatic rings. The minimum absolute atomic E-state index is 0.0918. The zero-order chi connectivity index (χ0) is 15.5. The summed E-state index contributed by atoms with van der Waals surface area (Å²) < 4.78 is 5.78. The van der Waals surface area contributed by atoms with Gasteiger partial charge in [0.15, 0.2) is 0 Å². The number of carbonyl (C=O) groups is 1. The van der Waals surface area contributed by atoms with E-state index in [1.54, 1.807) is 23.1 Å². The Hall–Kier alpha value is -1.55. The maximum atomic E-state index is 12.7. The molecule has 2 aromatic rings. The fourth-order valence-electron chi connectivity index (χ4n) is 2.54. The smallest absolute Gasteiger partial charge is 0.255 e. The predicted molar refractivity (Wildman–Crippen MR) is 87.5 cm³/mol. The van der Waals surface area contributed by atoms with E-state index >= 15 is 0 Å². The van der Waals surface area contributed by atoms with Gasteiger partial charge in [0.05, 0.1) is 23.7 Å². The normalized spacial score (nSPS) is 18.3. The van der Waals surface area contributed by atoms with Crippen LogP contribution in [0.15, 0.2) is 48.5 Å². The maximum Gasteiger partial charge on any atom is 0.255 e. The van der Waals surface area contributed by atoms with E-state index in [-0.39, 0.29) is 12.0 Å². The monoisotopic (exact) mass is 335 g/mol. The molecule has 0 saturated carbocycles. The number of ether oxygens (including phenoxy) is 1. The zero-order valence-electron chi connectivity index (χ0n) is 11.8. The molecule has 22 heavy (non-hydrogen) atoms. The molecule has 0 radical (unpaired) electrons. The fourth-order valence-corrected chi connectivity index (χ4v) is 3.03. The summed E-state index contributed by atoms with van der Waals surface area (Å²) in [7, 11) is 0. The highest BCUT2D eigenvalue weighted by atomic mass is 35.5. The average Bonchev–Trinajstić information content (AvgIpc) is 2.55. The number of benzene rings is 2. The summed E-state index contributed by atoms with van der Waals surface area (Å²) in [6.07, 6.45) is -0.107. The molecule has 0 N–H and O–H groups in total. The second-order valence-corrected chi connectivity index (χ2v) is 5.99. The summed E-state index contributed by atoms with van der Waals surface area (Å²) >= 11 is 12.0. The molecule has 1 amide bonds. The first-order valence-corrected chi connectivity index (χ1v) is 7.81. The molecule has 0 spiro atoms. The number of carbonyl (C=O) groups excluding carboxylic acids is 1. The van der Waals surface area contributed by atoms with Crippen molar-refractivity contribution in [1.82, 2.24) is 4.90 Å². The Morgan fingerprint density at radius 2 is 1.91 bits per heavy atom. The largest absolute Gasteiger partial charge is 0.370 e. The number of morpholine rings is 1. The van der Waals surface area contributed by atoms with Crippen LogP contribution in [0.3, 0.4) is 0 Å². The molecule has 0 aliphatic carbocycles. The summed E-state index contributed by atoms with van der Waals surface area (Å²) in [5.74, 6) is -0.0918. The van der Waals surface area contributed by atoms with Gasteiger partial charge < -0.3 is 9.64 Å². The molecule has 5 heteroatoms. The number of amides is 1. The van der Waals surface area contributed by atoms with Gasteiger partial charge in [-0.2, -0.15) is 0 Å². The molecule has 2 aromatic carbocycles. The van der Waals surface area contributed by atoms with Crippen LogP contribution in [0.4, 0.5) is 0 Å². The lowest BCUT2D eigenvalue weighted by Gasteiger charge is -2.33. The number of rotatable bonds is 2. The molecule has 0 bridgehead atoms. The second kappa shape index (κ2) is 6.69. The van der Waals surface area contributed by atoms with Crippen LogP contribution < -0.4 is 0 Å². The van der Waals surface area contributed by atoms with Crippen molar-refractivity contribution in [2.24, 2.45) is 0 Å². The highest BCUT2D eigenvalue weighted by Crippen LogP contribution is 2.26. The first-order valence-electron chi connectivity index (χ1n) is 7.06. The van der Waals surface area contributed by atoms with Crippen LogP contribution in [-0.2, 0) is 4.74 Å². The number of hydrogen-bond donors (Lipinski definition) is 0. The Bertz CT molecular complexity index is 676. The molecule has 1 heterocycles.